The molecule has 0 amide bonds. The third-order valence-corrected chi connectivity index (χ3v) is 3.53. The number of carbonyl (C=O) groups excluding carboxylic acids is 1. The largest absolute Gasteiger partial charge is 0.465 e. The molecule has 0 aromatic carbocycles. The number of hydrogen-bond donors (Lipinski definition) is 1. The van der Waals surface area contributed by atoms with Crippen molar-refractivity contribution in [2.75, 3.05) is 19.7 Å². The number of carbonyl (C=O) groups is 1. The minimum atomic E-state index is -0.576. The summed E-state index contributed by atoms with van der Waals surface area (Å²) in [6.45, 7) is 5.28. The molecule has 1 fully saturated rings. The maximum absolute atomic E-state index is 12.1. The zero-order valence-corrected chi connectivity index (χ0v) is 11.2. The van der Waals surface area contributed by atoms with Crippen LogP contribution in [0.25, 0.3) is 10.4 Å². The van der Waals surface area contributed by atoms with Crippen LogP contribution in [0.1, 0.15) is 39.5 Å². The fourth-order valence-corrected chi connectivity index (χ4v) is 2.37. The fourth-order valence-electron chi connectivity index (χ4n) is 2.37. The minimum Gasteiger partial charge on any atom is -0.465 e. The average molecular weight is 254 g/mol. The molecule has 1 aliphatic rings. The monoisotopic (exact) mass is 254 g/mol. The van der Waals surface area contributed by atoms with Crippen molar-refractivity contribution in [2.24, 2.45) is 11.0 Å². The smallest absolute Gasteiger partial charge is 0.326 e. The molecule has 0 saturated heterocycles. The van der Waals surface area contributed by atoms with E-state index in [1.165, 1.54) is 0 Å². The first-order valence-corrected chi connectivity index (χ1v) is 6.57. The number of esters is 1. The first kappa shape index (κ1) is 14.8. The average Bonchev–Trinajstić information content (AvgIpc) is 2.37. The summed E-state index contributed by atoms with van der Waals surface area (Å²) in [5.41, 5.74) is 7.66. The Morgan fingerprint density at radius 3 is 2.78 bits per heavy atom. The Morgan fingerprint density at radius 2 is 2.22 bits per heavy atom. The van der Waals surface area contributed by atoms with Gasteiger partial charge in [-0.2, -0.15) is 0 Å². The second kappa shape index (κ2) is 7.24. The topological polar surface area (TPSA) is 87.1 Å². The van der Waals surface area contributed by atoms with Crippen molar-refractivity contribution in [3.05, 3.63) is 10.4 Å². The van der Waals surface area contributed by atoms with Crippen molar-refractivity contribution >= 4 is 5.97 Å². The summed E-state index contributed by atoms with van der Waals surface area (Å²) in [6, 6.07) is 0. The van der Waals surface area contributed by atoms with Crippen LogP contribution >= 0.6 is 0 Å². The summed E-state index contributed by atoms with van der Waals surface area (Å²) < 4.78 is 5.17. The van der Waals surface area contributed by atoms with E-state index < -0.39 is 5.54 Å². The summed E-state index contributed by atoms with van der Waals surface area (Å²) in [5, 5.41) is 6.71. The zero-order valence-electron chi connectivity index (χ0n) is 11.2. The first-order valence-electron chi connectivity index (χ1n) is 6.57. The molecule has 18 heavy (non-hydrogen) atoms. The van der Waals surface area contributed by atoms with Crippen LogP contribution in [-0.2, 0) is 9.53 Å². The van der Waals surface area contributed by atoms with Crippen molar-refractivity contribution in [2.45, 2.75) is 45.1 Å². The van der Waals surface area contributed by atoms with Crippen LogP contribution in [0, 0.1) is 5.92 Å². The third kappa shape index (κ3) is 3.89. The van der Waals surface area contributed by atoms with Gasteiger partial charge in [0.1, 0.15) is 5.54 Å². The molecule has 0 aliphatic heterocycles. The summed E-state index contributed by atoms with van der Waals surface area (Å²) in [5.74, 6) is 0.490. The van der Waals surface area contributed by atoms with Crippen LogP contribution in [0.2, 0.25) is 0 Å². The van der Waals surface area contributed by atoms with Crippen molar-refractivity contribution in [1.82, 2.24) is 5.32 Å². The Kier molecular flexibility index (Phi) is 5.95. The molecule has 6 nitrogen and oxygen atoms in total. The molecule has 0 unspecified atom stereocenters. The number of rotatable bonds is 6. The van der Waals surface area contributed by atoms with Gasteiger partial charge in [0.25, 0.3) is 0 Å². The van der Waals surface area contributed by atoms with Crippen LogP contribution in [0.15, 0.2) is 5.11 Å². The highest BCUT2D eigenvalue weighted by Gasteiger charge is 2.41. The van der Waals surface area contributed by atoms with Gasteiger partial charge in [-0.3, -0.25) is 4.79 Å². The van der Waals surface area contributed by atoms with Crippen molar-refractivity contribution in [1.29, 1.82) is 0 Å². The Bertz CT molecular complexity index is 318. The molecular formula is C12H22N4O2. The molecule has 0 heterocycles. The van der Waals surface area contributed by atoms with Gasteiger partial charge in [-0.1, -0.05) is 12.0 Å². The van der Waals surface area contributed by atoms with E-state index in [4.69, 9.17) is 10.3 Å². The molecule has 0 aromatic heterocycles. The zero-order chi connectivity index (χ0) is 13.4. The molecule has 1 N–H and O–H groups in total. The molecule has 0 bridgehead atoms. The number of ether oxygens (including phenoxy) is 1. The van der Waals surface area contributed by atoms with E-state index in [2.05, 4.69) is 22.3 Å². The van der Waals surface area contributed by atoms with Gasteiger partial charge in [0.15, 0.2) is 0 Å². The van der Waals surface area contributed by atoms with Crippen LogP contribution in [0.5, 0.6) is 0 Å². The maximum Gasteiger partial charge on any atom is 0.326 e. The predicted molar refractivity (Wildman–Crippen MR) is 69.0 cm³/mol. The number of nitrogens with zero attached hydrogens (tertiary/aromatic N) is 3. The van der Waals surface area contributed by atoms with Gasteiger partial charge < -0.3 is 10.1 Å². The maximum atomic E-state index is 12.1. The Labute approximate surface area is 108 Å². The molecule has 0 aromatic rings. The van der Waals surface area contributed by atoms with Crippen molar-refractivity contribution in [3.8, 4) is 0 Å². The van der Waals surface area contributed by atoms with Gasteiger partial charge in [-0.05, 0) is 44.1 Å². The van der Waals surface area contributed by atoms with E-state index in [1.807, 2.05) is 6.92 Å². The van der Waals surface area contributed by atoms with Gasteiger partial charge in [-0.15, -0.1) is 0 Å². The van der Waals surface area contributed by atoms with E-state index in [1.54, 1.807) is 0 Å². The van der Waals surface area contributed by atoms with E-state index in [-0.39, 0.29) is 5.97 Å². The summed E-state index contributed by atoms with van der Waals surface area (Å²) >= 11 is 0. The van der Waals surface area contributed by atoms with Gasteiger partial charge in [0, 0.05) is 18.0 Å². The summed E-state index contributed by atoms with van der Waals surface area (Å²) in [7, 11) is 0. The van der Waals surface area contributed by atoms with E-state index in [9.17, 15) is 4.79 Å². The molecule has 102 valence electrons. The quantitative estimate of drug-likeness (QED) is 0.259. The lowest BCUT2D eigenvalue weighted by Crippen LogP contribution is -2.55. The second-order valence-corrected chi connectivity index (χ2v) is 4.87. The molecule has 1 rings (SSSR count). The lowest BCUT2D eigenvalue weighted by Gasteiger charge is -2.37. The van der Waals surface area contributed by atoms with Crippen LogP contribution < -0.4 is 5.32 Å². The first-order chi connectivity index (χ1) is 8.64. The van der Waals surface area contributed by atoms with Gasteiger partial charge in [0.2, 0.25) is 0 Å². The van der Waals surface area contributed by atoms with Crippen LogP contribution in [0.3, 0.4) is 0 Å². The lowest BCUT2D eigenvalue weighted by molar-refractivity contribution is -0.153. The molecular weight excluding hydrogens is 232 g/mol. The minimum absolute atomic E-state index is 0.169. The lowest BCUT2D eigenvalue weighted by atomic mass is 9.77. The fraction of sp³-hybridized carbons (Fsp3) is 0.917. The molecule has 6 heteroatoms. The highest BCUT2D eigenvalue weighted by molar-refractivity contribution is 5.81. The number of nitrogens with one attached hydrogen (secondary N) is 1. The standard InChI is InChI=1S/C12H22N4O2/c1-3-18-11(17)12(14-8-9-15-16-13)6-4-10(2)5-7-12/h10,14H,3-9H2,1-2H3. The number of hydrogen-bond acceptors (Lipinski definition) is 4. The molecule has 0 radical (unpaired) electrons. The summed E-state index contributed by atoms with van der Waals surface area (Å²) in [6.07, 6.45) is 3.63. The van der Waals surface area contributed by atoms with Crippen molar-refractivity contribution < 1.29 is 9.53 Å². The molecule has 0 atom stereocenters. The van der Waals surface area contributed by atoms with Crippen LogP contribution in [0.4, 0.5) is 0 Å². The molecule has 1 aliphatic carbocycles. The Morgan fingerprint density at radius 1 is 1.56 bits per heavy atom. The second-order valence-electron chi connectivity index (χ2n) is 4.87. The van der Waals surface area contributed by atoms with Crippen molar-refractivity contribution in [3.63, 3.8) is 0 Å². The normalized spacial score (nSPS) is 27.3. The Balaban J connectivity index is 2.62. The SMILES string of the molecule is CCOC(=O)C1(NCCN=[N+]=[N-])CCC(C)CC1. The highest BCUT2D eigenvalue weighted by atomic mass is 16.5. The molecule has 1 saturated carbocycles. The van der Waals surface area contributed by atoms with E-state index in [0.717, 1.165) is 25.7 Å². The Hall–Kier alpha value is -1.26. The van der Waals surface area contributed by atoms with E-state index >= 15 is 0 Å². The van der Waals surface area contributed by atoms with Gasteiger partial charge in [0.05, 0.1) is 6.61 Å². The van der Waals surface area contributed by atoms with Crippen LogP contribution in [-0.4, -0.2) is 31.2 Å². The predicted octanol–water partition coefficient (Wildman–Crippen LogP) is 2.40. The summed E-state index contributed by atoms with van der Waals surface area (Å²) in [4.78, 5) is 14.8. The van der Waals surface area contributed by atoms with E-state index in [0.29, 0.717) is 25.6 Å². The molecule has 0 spiro atoms. The van der Waals surface area contributed by atoms with Gasteiger partial charge >= 0.3 is 5.97 Å². The number of azide groups is 1. The third-order valence-electron chi connectivity index (χ3n) is 3.53. The highest BCUT2D eigenvalue weighted by Crippen LogP contribution is 2.32. The van der Waals surface area contributed by atoms with Gasteiger partial charge in [-0.25, -0.2) is 0 Å².